The van der Waals surface area contributed by atoms with Crippen molar-refractivity contribution in [3.8, 4) is 0 Å². The Morgan fingerprint density at radius 1 is 1.17 bits per heavy atom. The van der Waals surface area contributed by atoms with E-state index >= 15 is 0 Å². The average Bonchev–Trinajstić information content (AvgIpc) is 2.69. The quantitative estimate of drug-likeness (QED) is 0.532. The minimum Gasteiger partial charge on any atom is -0.381 e. The van der Waals surface area contributed by atoms with Crippen molar-refractivity contribution in [3.05, 3.63) is 51.6 Å². The lowest BCUT2D eigenvalue weighted by Gasteiger charge is -2.30. The molecular formula is C25H32ClNO3. The summed E-state index contributed by atoms with van der Waals surface area (Å²) in [5, 5.41) is 0.571. The van der Waals surface area contributed by atoms with Gasteiger partial charge < -0.3 is 9.64 Å². The van der Waals surface area contributed by atoms with Gasteiger partial charge in [-0.25, -0.2) is 0 Å². The number of ether oxygens (including phenoxy) is 1. The van der Waals surface area contributed by atoms with Gasteiger partial charge in [-0.05, 0) is 75.3 Å². The van der Waals surface area contributed by atoms with E-state index in [4.69, 9.17) is 16.3 Å². The molecule has 30 heavy (non-hydrogen) atoms. The molecule has 1 fully saturated rings. The van der Waals surface area contributed by atoms with E-state index in [2.05, 4.69) is 11.9 Å². The van der Waals surface area contributed by atoms with Crippen molar-refractivity contribution in [3.63, 3.8) is 0 Å². The van der Waals surface area contributed by atoms with Crippen LogP contribution in [0.2, 0.25) is 5.02 Å². The first-order valence-electron chi connectivity index (χ1n) is 10.8. The molecule has 1 unspecified atom stereocenters. The summed E-state index contributed by atoms with van der Waals surface area (Å²) in [6.45, 7) is 8.44. The molecule has 0 spiro atoms. The molecule has 4 nitrogen and oxygen atoms in total. The van der Waals surface area contributed by atoms with Crippen molar-refractivity contribution in [2.75, 3.05) is 31.7 Å². The van der Waals surface area contributed by atoms with Gasteiger partial charge in [-0.15, -0.1) is 0 Å². The summed E-state index contributed by atoms with van der Waals surface area (Å²) in [7, 11) is 2.06. The molecule has 0 saturated carbocycles. The first kappa shape index (κ1) is 22.8. The van der Waals surface area contributed by atoms with Crippen molar-refractivity contribution in [2.24, 2.45) is 11.8 Å². The van der Waals surface area contributed by atoms with Crippen molar-refractivity contribution in [2.45, 2.75) is 46.5 Å². The average molecular weight is 430 g/mol. The van der Waals surface area contributed by atoms with Crippen LogP contribution in [0.5, 0.6) is 0 Å². The highest BCUT2D eigenvalue weighted by Gasteiger charge is 2.24. The smallest absolute Gasteiger partial charge is 0.163 e. The van der Waals surface area contributed by atoms with Crippen LogP contribution in [0.15, 0.2) is 35.4 Å². The highest BCUT2D eigenvalue weighted by atomic mass is 35.5. The van der Waals surface area contributed by atoms with E-state index in [1.807, 2.05) is 32.9 Å². The lowest BCUT2D eigenvalue weighted by Crippen LogP contribution is -2.30. The SMILES string of the molecule is CC1=CC(=O)C(CCC(=O)c2cc(Cl)cc(N(C)CC3CCOCC3)c2C)C(C)=C1. The van der Waals surface area contributed by atoms with Crippen LogP contribution in [-0.4, -0.2) is 38.4 Å². The zero-order valence-corrected chi connectivity index (χ0v) is 19.2. The summed E-state index contributed by atoms with van der Waals surface area (Å²) in [5.74, 6) is 0.528. The molecule has 0 aromatic heterocycles. The molecule has 1 heterocycles. The molecule has 1 aromatic carbocycles. The van der Waals surface area contributed by atoms with Crippen LogP contribution in [0, 0.1) is 18.8 Å². The Labute approximate surface area is 184 Å². The van der Waals surface area contributed by atoms with Gasteiger partial charge in [0.1, 0.15) is 0 Å². The second-order valence-corrected chi connectivity index (χ2v) is 9.16. The molecule has 162 valence electrons. The van der Waals surface area contributed by atoms with Gasteiger partial charge in [-0.3, -0.25) is 9.59 Å². The maximum Gasteiger partial charge on any atom is 0.163 e. The molecule has 5 heteroatoms. The van der Waals surface area contributed by atoms with E-state index in [1.54, 1.807) is 12.1 Å². The number of carbonyl (C=O) groups excluding carboxylic acids is 2. The zero-order valence-electron chi connectivity index (χ0n) is 18.5. The predicted octanol–water partition coefficient (Wildman–Crippen LogP) is 5.57. The van der Waals surface area contributed by atoms with Crippen LogP contribution in [0.4, 0.5) is 5.69 Å². The lowest BCUT2D eigenvalue weighted by molar-refractivity contribution is -0.117. The fraction of sp³-hybridized carbons (Fsp3) is 0.520. The fourth-order valence-corrected chi connectivity index (χ4v) is 4.81. The predicted molar refractivity (Wildman–Crippen MR) is 123 cm³/mol. The number of carbonyl (C=O) groups is 2. The highest BCUT2D eigenvalue weighted by Crippen LogP contribution is 2.31. The van der Waals surface area contributed by atoms with Gasteiger partial charge in [-0.1, -0.05) is 23.3 Å². The third kappa shape index (κ3) is 5.41. The van der Waals surface area contributed by atoms with Gasteiger partial charge in [-0.2, -0.15) is 0 Å². The van der Waals surface area contributed by atoms with E-state index in [1.165, 1.54) is 0 Å². The number of hydrogen-bond donors (Lipinski definition) is 0. The van der Waals surface area contributed by atoms with Crippen LogP contribution >= 0.6 is 11.6 Å². The number of hydrogen-bond acceptors (Lipinski definition) is 4. The molecule has 0 radical (unpaired) electrons. The lowest BCUT2D eigenvalue weighted by atomic mass is 9.84. The number of rotatable bonds is 7. The second-order valence-electron chi connectivity index (χ2n) is 8.73. The van der Waals surface area contributed by atoms with Crippen LogP contribution in [0.3, 0.4) is 0 Å². The molecule has 2 aliphatic rings. The van der Waals surface area contributed by atoms with Gasteiger partial charge in [0.2, 0.25) is 0 Å². The fourth-order valence-electron chi connectivity index (χ4n) is 4.60. The van der Waals surface area contributed by atoms with Crippen LogP contribution < -0.4 is 4.90 Å². The first-order chi connectivity index (χ1) is 14.3. The van der Waals surface area contributed by atoms with Crippen molar-refractivity contribution < 1.29 is 14.3 Å². The largest absolute Gasteiger partial charge is 0.381 e. The van der Waals surface area contributed by atoms with Crippen LogP contribution in [0.1, 0.15) is 55.5 Å². The standard InChI is InChI=1S/C25H32ClNO3/c1-16-11-17(2)21(25(29)12-16)5-6-24(28)22-13-20(26)14-23(18(22)3)27(4)15-19-7-9-30-10-8-19/h11-14,19,21H,5-10,15H2,1-4H3. The Hall–Kier alpha value is -1.91. The van der Waals surface area contributed by atoms with Gasteiger partial charge in [0.25, 0.3) is 0 Å². The summed E-state index contributed by atoms with van der Waals surface area (Å²) < 4.78 is 5.46. The van der Waals surface area contributed by atoms with E-state index in [0.29, 0.717) is 29.3 Å². The maximum atomic E-state index is 13.1. The van der Waals surface area contributed by atoms with Crippen LogP contribution in [-0.2, 0) is 9.53 Å². The molecule has 0 bridgehead atoms. The molecule has 3 rings (SSSR count). The van der Waals surface area contributed by atoms with Crippen molar-refractivity contribution in [1.82, 2.24) is 0 Å². The maximum absolute atomic E-state index is 13.1. The Kier molecular flexibility index (Phi) is 7.54. The molecule has 0 N–H and O–H groups in total. The number of nitrogens with zero attached hydrogens (tertiary/aromatic N) is 1. The molecular weight excluding hydrogens is 398 g/mol. The van der Waals surface area contributed by atoms with E-state index < -0.39 is 0 Å². The Balaban J connectivity index is 1.71. The van der Waals surface area contributed by atoms with Gasteiger partial charge >= 0.3 is 0 Å². The Morgan fingerprint density at radius 3 is 2.53 bits per heavy atom. The summed E-state index contributed by atoms with van der Waals surface area (Å²) in [5.41, 5.74) is 4.63. The first-order valence-corrected chi connectivity index (χ1v) is 11.2. The number of benzene rings is 1. The minimum atomic E-state index is -0.201. The summed E-state index contributed by atoms with van der Waals surface area (Å²) >= 11 is 6.39. The molecule has 1 aliphatic carbocycles. The van der Waals surface area contributed by atoms with Gasteiger partial charge in [0.15, 0.2) is 11.6 Å². The van der Waals surface area contributed by atoms with Gasteiger partial charge in [0, 0.05) is 55.4 Å². The molecule has 0 amide bonds. The van der Waals surface area contributed by atoms with E-state index in [9.17, 15) is 9.59 Å². The molecule has 1 atom stereocenters. The van der Waals surface area contributed by atoms with Gasteiger partial charge in [0.05, 0.1) is 0 Å². The number of anilines is 1. The Bertz CT molecular complexity index is 881. The summed E-state index contributed by atoms with van der Waals surface area (Å²) in [4.78, 5) is 27.6. The number of halogens is 1. The molecule has 1 aromatic rings. The third-order valence-electron chi connectivity index (χ3n) is 6.31. The van der Waals surface area contributed by atoms with Crippen molar-refractivity contribution >= 4 is 28.9 Å². The normalized spacial score (nSPS) is 20.0. The van der Waals surface area contributed by atoms with E-state index in [-0.39, 0.29) is 17.5 Å². The third-order valence-corrected chi connectivity index (χ3v) is 6.53. The second kappa shape index (κ2) is 9.93. The van der Waals surface area contributed by atoms with E-state index in [0.717, 1.165) is 55.0 Å². The summed E-state index contributed by atoms with van der Waals surface area (Å²) in [6.07, 6.45) is 6.69. The minimum absolute atomic E-state index is 0.0441. The topological polar surface area (TPSA) is 46.6 Å². The molecule has 1 saturated heterocycles. The number of Topliss-reactive ketones (excluding diaryl/α,β-unsaturated/α-hetero) is 1. The Morgan fingerprint density at radius 2 is 1.87 bits per heavy atom. The summed E-state index contributed by atoms with van der Waals surface area (Å²) in [6, 6.07) is 3.71. The number of allylic oxidation sites excluding steroid dienone is 4. The molecule has 1 aliphatic heterocycles. The number of ketones is 2. The van der Waals surface area contributed by atoms with Crippen LogP contribution in [0.25, 0.3) is 0 Å². The zero-order chi connectivity index (χ0) is 21.8. The highest BCUT2D eigenvalue weighted by molar-refractivity contribution is 6.31. The van der Waals surface area contributed by atoms with Crippen molar-refractivity contribution in [1.29, 1.82) is 0 Å². The monoisotopic (exact) mass is 429 g/mol.